The number of hydrogen-bond acceptors (Lipinski definition) is 4. The minimum Gasteiger partial charge on any atom is -0.391 e. The molecule has 0 bridgehead atoms. The van der Waals surface area contributed by atoms with Gasteiger partial charge in [0.1, 0.15) is 0 Å². The average molecular weight is 300 g/mol. The fourth-order valence-electron chi connectivity index (χ4n) is 3.21. The van der Waals surface area contributed by atoms with Crippen LogP contribution in [0.25, 0.3) is 0 Å². The van der Waals surface area contributed by atoms with Crippen LogP contribution in [-0.4, -0.2) is 23.2 Å². The van der Waals surface area contributed by atoms with Crippen LogP contribution in [0, 0.1) is 0 Å². The van der Waals surface area contributed by atoms with Gasteiger partial charge in [0.05, 0.1) is 17.2 Å². The van der Waals surface area contributed by atoms with E-state index in [0.29, 0.717) is 11.8 Å². The third-order valence-electron chi connectivity index (χ3n) is 4.55. The average Bonchev–Trinajstić information content (AvgIpc) is 3.11. The standard InChI is InChI=1S/C17H20N2OS/c20-11-15-16(13-6-7-13)18-17(21-15)19-9-8-14(10-19)12-4-2-1-3-5-12/h1-5,13-14,20H,6-11H2. The molecular formula is C17H20N2OS. The Morgan fingerprint density at radius 3 is 2.67 bits per heavy atom. The monoisotopic (exact) mass is 300 g/mol. The summed E-state index contributed by atoms with van der Waals surface area (Å²) >= 11 is 1.69. The largest absolute Gasteiger partial charge is 0.391 e. The molecule has 4 rings (SSSR count). The number of aromatic nitrogens is 1. The van der Waals surface area contributed by atoms with Gasteiger partial charge in [-0.25, -0.2) is 4.98 Å². The predicted molar refractivity (Wildman–Crippen MR) is 86.0 cm³/mol. The van der Waals surface area contributed by atoms with Gasteiger partial charge in [0.2, 0.25) is 0 Å². The molecular weight excluding hydrogens is 280 g/mol. The lowest BCUT2D eigenvalue weighted by Crippen LogP contribution is -2.18. The summed E-state index contributed by atoms with van der Waals surface area (Å²) in [6.07, 6.45) is 3.67. The molecule has 0 radical (unpaired) electrons. The second kappa shape index (κ2) is 5.43. The lowest BCUT2D eigenvalue weighted by molar-refractivity contribution is 0.284. The molecule has 1 aromatic heterocycles. The van der Waals surface area contributed by atoms with E-state index in [2.05, 4.69) is 35.2 Å². The van der Waals surface area contributed by atoms with Crippen molar-refractivity contribution in [2.75, 3.05) is 18.0 Å². The highest BCUT2D eigenvalue weighted by Crippen LogP contribution is 2.45. The number of aliphatic hydroxyl groups excluding tert-OH is 1. The first-order valence-corrected chi connectivity index (χ1v) is 8.57. The minimum absolute atomic E-state index is 0.138. The second-order valence-corrected chi connectivity index (χ2v) is 7.14. The van der Waals surface area contributed by atoms with E-state index < -0.39 is 0 Å². The molecule has 1 aromatic carbocycles. The Bertz CT molecular complexity index is 621. The molecule has 1 N–H and O–H groups in total. The summed E-state index contributed by atoms with van der Waals surface area (Å²) in [6.45, 7) is 2.26. The molecule has 1 aliphatic carbocycles. The Hall–Kier alpha value is -1.39. The highest BCUT2D eigenvalue weighted by atomic mass is 32.1. The van der Waals surface area contributed by atoms with Gasteiger partial charge < -0.3 is 10.0 Å². The van der Waals surface area contributed by atoms with Crippen LogP contribution in [-0.2, 0) is 6.61 Å². The van der Waals surface area contributed by atoms with Gasteiger partial charge in [0.25, 0.3) is 0 Å². The number of rotatable bonds is 4. The Morgan fingerprint density at radius 2 is 1.95 bits per heavy atom. The van der Waals surface area contributed by atoms with Crippen molar-refractivity contribution in [2.45, 2.75) is 37.7 Å². The molecule has 1 aliphatic heterocycles. The molecule has 0 spiro atoms. The van der Waals surface area contributed by atoms with Crippen LogP contribution in [0.5, 0.6) is 0 Å². The van der Waals surface area contributed by atoms with Crippen molar-refractivity contribution in [1.82, 2.24) is 4.98 Å². The molecule has 2 heterocycles. The fraction of sp³-hybridized carbons (Fsp3) is 0.471. The van der Waals surface area contributed by atoms with Crippen molar-refractivity contribution < 1.29 is 5.11 Å². The van der Waals surface area contributed by atoms with E-state index in [9.17, 15) is 5.11 Å². The van der Waals surface area contributed by atoms with Gasteiger partial charge in [0, 0.05) is 24.9 Å². The van der Waals surface area contributed by atoms with E-state index in [1.165, 1.54) is 30.5 Å². The third-order valence-corrected chi connectivity index (χ3v) is 5.67. The summed E-state index contributed by atoms with van der Waals surface area (Å²) in [4.78, 5) is 8.31. The Labute approximate surface area is 129 Å². The predicted octanol–water partition coefficient (Wildman–Crippen LogP) is 3.51. The molecule has 2 aromatic rings. The summed E-state index contributed by atoms with van der Waals surface area (Å²) in [5.74, 6) is 1.22. The van der Waals surface area contributed by atoms with Gasteiger partial charge in [-0.15, -0.1) is 0 Å². The number of benzene rings is 1. The lowest BCUT2D eigenvalue weighted by atomic mass is 9.99. The molecule has 2 aliphatic rings. The highest BCUT2D eigenvalue weighted by Gasteiger charge is 2.32. The van der Waals surface area contributed by atoms with Crippen molar-refractivity contribution in [3.8, 4) is 0 Å². The number of aliphatic hydroxyl groups is 1. The fourth-order valence-corrected chi connectivity index (χ4v) is 4.25. The molecule has 2 fully saturated rings. The van der Waals surface area contributed by atoms with Crippen LogP contribution >= 0.6 is 11.3 Å². The summed E-state index contributed by atoms with van der Waals surface area (Å²) < 4.78 is 0. The molecule has 3 nitrogen and oxygen atoms in total. The normalized spacial score (nSPS) is 22.0. The zero-order chi connectivity index (χ0) is 14.2. The van der Waals surface area contributed by atoms with Crippen molar-refractivity contribution in [3.63, 3.8) is 0 Å². The molecule has 1 atom stereocenters. The first-order valence-electron chi connectivity index (χ1n) is 7.75. The topological polar surface area (TPSA) is 36.4 Å². The number of hydrogen-bond donors (Lipinski definition) is 1. The molecule has 1 saturated carbocycles. The van der Waals surface area contributed by atoms with Gasteiger partial charge in [-0.05, 0) is 24.8 Å². The van der Waals surface area contributed by atoms with Crippen LogP contribution in [0.1, 0.15) is 47.2 Å². The maximum Gasteiger partial charge on any atom is 0.185 e. The minimum atomic E-state index is 0.138. The van der Waals surface area contributed by atoms with E-state index in [1.54, 1.807) is 11.3 Å². The summed E-state index contributed by atoms with van der Waals surface area (Å²) in [5.41, 5.74) is 2.60. The van der Waals surface area contributed by atoms with Crippen LogP contribution in [0.4, 0.5) is 5.13 Å². The summed E-state index contributed by atoms with van der Waals surface area (Å²) in [5, 5.41) is 10.6. The molecule has 110 valence electrons. The van der Waals surface area contributed by atoms with Crippen molar-refractivity contribution in [3.05, 3.63) is 46.5 Å². The van der Waals surface area contributed by atoms with Crippen molar-refractivity contribution in [2.24, 2.45) is 0 Å². The summed E-state index contributed by atoms with van der Waals surface area (Å²) in [7, 11) is 0. The Morgan fingerprint density at radius 1 is 1.14 bits per heavy atom. The number of anilines is 1. The maximum absolute atomic E-state index is 9.53. The van der Waals surface area contributed by atoms with E-state index in [4.69, 9.17) is 4.98 Å². The molecule has 1 unspecified atom stereocenters. The zero-order valence-electron chi connectivity index (χ0n) is 12.0. The van der Waals surface area contributed by atoms with Crippen LogP contribution < -0.4 is 4.90 Å². The molecule has 4 heteroatoms. The van der Waals surface area contributed by atoms with Gasteiger partial charge in [-0.2, -0.15) is 0 Å². The van der Waals surface area contributed by atoms with Gasteiger partial charge in [-0.3, -0.25) is 0 Å². The number of nitrogens with zero attached hydrogens (tertiary/aromatic N) is 2. The van der Waals surface area contributed by atoms with Gasteiger partial charge >= 0.3 is 0 Å². The van der Waals surface area contributed by atoms with Crippen molar-refractivity contribution in [1.29, 1.82) is 0 Å². The molecule has 1 saturated heterocycles. The Kier molecular flexibility index (Phi) is 3.43. The van der Waals surface area contributed by atoms with Gasteiger partial charge in [-0.1, -0.05) is 41.7 Å². The van der Waals surface area contributed by atoms with E-state index in [-0.39, 0.29) is 6.61 Å². The second-order valence-electron chi connectivity index (χ2n) is 6.08. The van der Waals surface area contributed by atoms with E-state index >= 15 is 0 Å². The van der Waals surface area contributed by atoms with Gasteiger partial charge in [0.15, 0.2) is 5.13 Å². The third kappa shape index (κ3) is 2.58. The zero-order valence-corrected chi connectivity index (χ0v) is 12.9. The van der Waals surface area contributed by atoms with E-state index in [1.807, 2.05) is 0 Å². The Balaban J connectivity index is 1.53. The smallest absolute Gasteiger partial charge is 0.185 e. The van der Waals surface area contributed by atoms with Crippen LogP contribution in [0.15, 0.2) is 30.3 Å². The quantitative estimate of drug-likeness (QED) is 0.938. The van der Waals surface area contributed by atoms with Crippen LogP contribution in [0.3, 0.4) is 0 Å². The molecule has 21 heavy (non-hydrogen) atoms. The SMILES string of the molecule is OCc1sc(N2CCC(c3ccccc3)C2)nc1C1CC1. The lowest BCUT2D eigenvalue weighted by Gasteiger charge is -2.15. The van der Waals surface area contributed by atoms with Crippen LogP contribution in [0.2, 0.25) is 0 Å². The number of thiazole rings is 1. The first-order chi connectivity index (χ1) is 10.3. The highest BCUT2D eigenvalue weighted by molar-refractivity contribution is 7.15. The summed E-state index contributed by atoms with van der Waals surface area (Å²) in [6, 6.07) is 10.8. The maximum atomic E-state index is 9.53. The first kappa shape index (κ1) is 13.3. The van der Waals surface area contributed by atoms with E-state index in [0.717, 1.165) is 23.1 Å². The van der Waals surface area contributed by atoms with Crippen molar-refractivity contribution >= 4 is 16.5 Å². The molecule has 0 amide bonds.